The van der Waals surface area contributed by atoms with Gasteiger partial charge in [-0.25, -0.2) is 0 Å². The molecule has 1 N–H and O–H groups in total. The number of rotatable bonds is 4. The summed E-state index contributed by atoms with van der Waals surface area (Å²) in [5.74, 6) is 0.828. The SMILES string of the molecule is COc1c(Br)cc(Cl)cc1NC1CCN(C2CC2)C1. The van der Waals surface area contributed by atoms with Gasteiger partial charge in [-0.1, -0.05) is 11.6 Å². The molecule has 1 saturated heterocycles. The highest BCUT2D eigenvalue weighted by molar-refractivity contribution is 9.10. The molecule has 0 bridgehead atoms. The molecule has 0 radical (unpaired) electrons. The first-order valence-electron chi connectivity index (χ1n) is 6.71. The summed E-state index contributed by atoms with van der Waals surface area (Å²) >= 11 is 9.61. The molecule has 1 aromatic rings. The van der Waals surface area contributed by atoms with Crippen LogP contribution < -0.4 is 10.1 Å². The average Bonchev–Trinajstić information content (AvgIpc) is 3.10. The van der Waals surface area contributed by atoms with Crippen LogP contribution in [0.1, 0.15) is 19.3 Å². The summed E-state index contributed by atoms with van der Waals surface area (Å²) in [6.45, 7) is 2.32. The molecule has 5 heteroatoms. The Kier molecular flexibility index (Phi) is 3.92. The molecule has 0 aromatic heterocycles. The standard InChI is InChI=1S/C14H18BrClN2O/c1-19-14-12(15)6-9(16)7-13(14)17-10-4-5-18(8-10)11-2-3-11/h6-7,10-11,17H,2-5,8H2,1H3. The third-order valence-electron chi connectivity index (χ3n) is 3.86. The first-order valence-corrected chi connectivity index (χ1v) is 7.88. The zero-order valence-corrected chi connectivity index (χ0v) is 13.3. The topological polar surface area (TPSA) is 24.5 Å². The van der Waals surface area contributed by atoms with Crippen molar-refractivity contribution < 1.29 is 4.74 Å². The normalized spacial score (nSPS) is 23.6. The average molecular weight is 346 g/mol. The first kappa shape index (κ1) is 13.5. The second-order valence-corrected chi connectivity index (χ2v) is 6.62. The van der Waals surface area contributed by atoms with Gasteiger partial charge in [0.05, 0.1) is 17.3 Å². The van der Waals surface area contributed by atoms with Crippen LogP contribution in [0.15, 0.2) is 16.6 Å². The Hall–Kier alpha value is -0.450. The van der Waals surface area contributed by atoms with Gasteiger partial charge in [0.15, 0.2) is 5.75 Å². The third-order valence-corrected chi connectivity index (χ3v) is 4.66. The maximum Gasteiger partial charge on any atom is 0.156 e. The molecule has 1 saturated carbocycles. The molecule has 1 atom stereocenters. The summed E-state index contributed by atoms with van der Waals surface area (Å²) < 4.78 is 6.34. The maximum atomic E-state index is 6.12. The highest BCUT2D eigenvalue weighted by Crippen LogP contribution is 2.38. The monoisotopic (exact) mass is 344 g/mol. The van der Waals surface area contributed by atoms with Crippen LogP contribution in [0.5, 0.6) is 5.75 Å². The molecule has 2 fully saturated rings. The highest BCUT2D eigenvalue weighted by Gasteiger charge is 2.34. The fraction of sp³-hybridized carbons (Fsp3) is 0.571. The van der Waals surface area contributed by atoms with Crippen LogP contribution in [0, 0.1) is 0 Å². The summed E-state index contributed by atoms with van der Waals surface area (Å²) in [5, 5.41) is 4.29. The molecule has 3 rings (SSSR count). The molecule has 1 aliphatic carbocycles. The predicted molar refractivity (Wildman–Crippen MR) is 82.3 cm³/mol. The first-order chi connectivity index (χ1) is 9.17. The largest absolute Gasteiger partial charge is 0.493 e. The van der Waals surface area contributed by atoms with Crippen LogP contribution in [0.4, 0.5) is 5.69 Å². The van der Waals surface area contributed by atoms with E-state index in [1.165, 1.54) is 25.8 Å². The zero-order chi connectivity index (χ0) is 13.4. The smallest absolute Gasteiger partial charge is 0.156 e. The number of hydrogen-bond acceptors (Lipinski definition) is 3. The Morgan fingerprint density at radius 3 is 2.84 bits per heavy atom. The van der Waals surface area contributed by atoms with Crippen molar-refractivity contribution in [1.29, 1.82) is 0 Å². The molecule has 1 heterocycles. The van der Waals surface area contributed by atoms with Crippen molar-refractivity contribution in [1.82, 2.24) is 4.90 Å². The molecule has 0 amide bonds. The molecule has 2 aliphatic rings. The number of hydrogen-bond donors (Lipinski definition) is 1. The zero-order valence-electron chi connectivity index (χ0n) is 11.0. The van der Waals surface area contributed by atoms with E-state index >= 15 is 0 Å². The lowest BCUT2D eigenvalue weighted by atomic mass is 10.2. The summed E-state index contributed by atoms with van der Waals surface area (Å²) in [7, 11) is 1.68. The van der Waals surface area contributed by atoms with Gasteiger partial charge >= 0.3 is 0 Å². The van der Waals surface area contributed by atoms with Gasteiger partial charge in [-0.3, -0.25) is 4.90 Å². The lowest BCUT2D eigenvalue weighted by Crippen LogP contribution is -2.27. The lowest BCUT2D eigenvalue weighted by molar-refractivity contribution is 0.326. The maximum absolute atomic E-state index is 6.12. The Bertz CT molecular complexity index is 479. The van der Waals surface area contributed by atoms with Gasteiger partial charge in [-0.15, -0.1) is 0 Å². The van der Waals surface area contributed by atoms with E-state index in [2.05, 4.69) is 26.1 Å². The molecule has 1 unspecified atom stereocenters. The van der Waals surface area contributed by atoms with Crippen molar-refractivity contribution in [3.63, 3.8) is 0 Å². The van der Waals surface area contributed by atoms with Crippen LogP contribution >= 0.6 is 27.5 Å². The second-order valence-electron chi connectivity index (χ2n) is 5.32. The van der Waals surface area contributed by atoms with E-state index in [0.717, 1.165) is 28.5 Å². The fourth-order valence-electron chi connectivity index (χ4n) is 2.77. The molecule has 1 aromatic carbocycles. The van der Waals surface area contributed by atoms with Crippen LogP contribution in [-0.4, -0.2) is 37.2 Å². The van der Waals surface area contributed by atoms with Crippen molar-refractivity contribution >= 4 is 33.2 Å². The van der Waals surface area contributed by atoms with Crippen LogP contribution in [-0.2, 0) is 0 Å². The summed E-state index contributed by atoms with van der Waals surface area (Å²) in [6, 6.07) is 5.13. The van der Waals surface area contributed by atoms with Gasteiger partial charge in [-0.05, 0) is 47.3 Å². The van der Waals surface area contributed by atoms with Crippen molar-refractivity contribution in [3.05, 3.63) is 21.6 Å². The predicted octanol–water partition coefficient (Wildman–Crippen LogP) is 3.76. The van der Waals surface area contributed by atoms with E-state index < -0.39 is 0 Å². The lowest BCUT2D eigenvalue weighted by Gasteiger charge is -2.19. The Balaban J connectivity index is 1.72. The quantitative estimate of drug-likeness (QED) is 0.899. The molecular weight excluding hydrogens is 328 g/mol. The highest BCUT2D eigenvalue weighted by atomic mass is 79.9. The van der Waals surface area contributed by atoms with Crippen molar-refractivity contribution in [2.75, 3.05) is 25.5 Å². The summed E-state index contributed by atoms with van der Waals surface area (Å²) in [6.07, 6.45) is 3.93. The number of ether oxygens (including phenoxy) is 1. The number of methoxy groups -OCH3 is 1. The molecular formula is C14H18BrClN2O. The molecule has 104 valence electrons. The van der Waals surface area contributed by atoms with Crippen LogP contribution in [0.25, 0.3) is 0 Å². The summed E-state index contributed by atoms with van der Waals surface area (Å²) in [4.78, 5) is 2.59. The molecule has 19 heavy (non-hydrogen) atoms. The van der Waals surface area contributed by atoms with E-state index in [1.807, 2.05) is 12.1 Å². The number of nitrogens with zero attached hydrogens (tertiary/aromatic N) is 1. The number of anilines is 1. The van der Waals surface area contributed by atoms with Gasteiger partial charge in [0.1, 0.15) is 0 Å². The van der Waals surface area contributed by atoms with Gasteiger partial charge in [0, 0.05) is 30.2 Å². The Labute approximate surface area is 127 Å². The van der Waals surface area contributed by atoms with Gasteiger partial charge in [0.2, 0.25) is 0 Å². The number of benzene rings is 1. The van der Waals surface area contributed by atoms with Crippen molar-refractivity contribution in [2.24, 2.45) is 0 Å². The van der Waals surface area contributed by atoms with E-state index in [9.17, 15) is 0 Å². The van der Waals surface area contributed by atoms with E-state index in [0.29, 0.717) is 11.1 Å². The van der Waals surface area contributed by atoms with Crippen LogP contribution in [0.3, 0.4) is 0 Å². The van der Waals surface area contributed by atoms with E-state index in [1.54, 1.807) is 7.11 Å². The van der Waals surface area contributed by atoms with Gasteiger partial charge in [-0.2, -0.15) is 0 Å². The Morgan fingerprint density at radius 1 is 1.37 bits per heavy atom. The number of halogens is 2. The minimum absolute atomic E-state index is 0.486. The third kappa shape index (κ3) is 3.01. The minimum Gasteiger partial charge on any atom is -0.493 e. The van der Waals surface area contributed by atoms with E-state index in [4.69, 9.17) is 16.3 Å². The molecule has 1 aliphatic heterocycles. The fourth-order valence-corrected chi connectivity index (χ4v) is 3.74. The van der Waals surface area contributed by atoms with Crippen LogP contribution in [0.2, 0.25) is 5.02 Å². The van der Waals surface area contributed by atoms with Crippen molar-refractivity contribution in [2.45, 2.75) is 31.3 Å². The molecule has 0 spiro atoms. The van der Waals surface area contributed by atoms with Gasteiger partial charge < -0.3 is 10.1 Å². The number of likely N-dealkylation sites (tertiary alicyclic amines) is 1. The van der Waals surface area contributed by atoms with E-state index in [-0.39, 0.29) is 0 Å². The summed E-state index contributed by atoms with van der Waals surface area (Å²) in [5.41, 5.74) is 0.976. The molecule has 3 nitrogen and oxygen atoms in total. The minimum atomic E-state index is 0.486. The Morgan fingerprint density at radius 2 is 2.16 bits per heavy atom. The van der Waals surface area contributed by atoms with Gasteiger partial charge in [0.25, 0.3) is 0 Å². The second kappa shape index (κ2) is 5.51. The number of nitrogens with one attached hydrogen (secondary N) is 1. The van der Waals surface area contributed by atoms with Crippen molar-refractivity contribution in [3.8, 4) is 5.75 Å².